The van der Waals surface area contributed by atoms with Gasteiger partial charge < -0.3 is 9.84 Å². The third-order valence-corrected chi connectivity index (χ3v) is 3.66. The molecular weight excluding hydrogens is 260 g/mol. The van der Waals surface area contributed by atoms with Gasteiger partial charge in [-0.15, -0.1) is 0 Å². The minimum absolute atomic E-state index is 0.0566. The zero-order valence-corrected chi connectivity index (χ0v) is 12.0. The first-order valence-corrected chi connectivity index (χ1v) is 6.79. The highest BCUT2D eigenvalue weighted by atomic mass is 32.1. The van der Waals surface area contributed by atoms with Gasteiger partial charge in [0.25, 0.3) is 0 Å². The molecule has 0 unspecified atom stereocenters. The van der Waals surface area contributed by atoms with Crippen molar-refractivity contribution in [1.82, 2.24) is 0 Å². The average Bonchev–Trinajstić information content (AvgIpc) is 2.77. The van der Waals surface area contributed by atoms with Crippen LogP contribution in [0.25, 0.3) is 0 Å². The third kappa shape index (κ3) is 3.35. The van der Waals surface area contributed by atoms with E-state index >= 15 is 0 Å². The van der Waals surface area contributed by atoms with Crippen molar-refractivity contribution in [1.29, 1.82) is 0 Å². The molecule has 19 heavy (non-hydrogen) atoms. The van der Waals surface area contributed by atoms with Gasteiger partial charge in [-0.05, 0) is 35.2 Å². The first kappa shape index (κ1) is 13.6. The molecule has 4 heteroatoms. The van der Waals surface area contributed by atoms with Crippen LogP contribution in [0.5, 0.6) is 10.8 Å². The predicted molar refractivity (Wildman–Crippen MR) is 76.5 cm³/mol. The van der Waals surface area contributed by atoms with Crippen LogP contribution in [0.3, 0.4) is 0 Å². The van der Waals surface area contributed by atoms with Crippen LogP contribution in [-0.4, -0.2) is 11.1 Å². The number of carboxylic acids is 1. The van der Waals surface area contributed by atoms with Crippen molar-refractivity contribution >= 4 is 17.3 Å². The van der Waals surface area contributed by atoms with Crippen LogP contribution in [0, 0.1) is 0 Å². The molecule has 0 amide bonds. The number of aromatic carboxylic acids is 1. The Kier molecular flexibility index (Phi) is 3.62. The van der Waals surface area contributed by atoms with Gasteiger partial charge in [-0.3, -0.25) is 0 Å². The lowest BCUT2D eigenvalue weighted by atomic mass is 9.87. The summed E-state index contributed by atoms with van der Waals surface area (Å²) >= 11 is 1.13. The first-order chi connectivity index (χ1) is 8.86. The highest BCUT2D eigenvalue weighted by Crippen LogP contribution is 2.32. The molecular formula is C15H16O3S. The van der Waals surface area contributed by atoms with Crippen LogP contribution >= 0.6 is 11.3 Å². The fourth-order valence-electron chi connectivity index (χ4n) is 1.63. The molecule has 100 valence electrons. The Morgan fingerprint density at radius 3 is 2.53 bits per heavy atom. The number of carbonyl (C=O) groups is 1. The molecule has 0 aliphatic rings. The molecule has 3 nitrogen and oxygen atoms in total. The SMILES string of the molecule is CC(C)(C)c1cccc(Oc2ccc(C(=O)O)s2)c1. The summed E-state index contributed by atoms with van der Waals surface area (Å²) in [4.78, 5) is 11.1. The Morgan fingerprint density at radius 1 is 1.21 bits per heavy atom. The van der Waals surface area contributed by atoms with Gasteiger partial charge in [-0.25, -0.2) is 4.79 Å². The smallest absolute Gasteiger partial charge is 0.345 e. The van der Waals surface area contributed by atoms with E-state index in [1.54, 1.807) is 12.1 Å². The lowest BCUT2D eigenvalue weighted by Gasteiger charge is -2.19. The number of hydrogen-bond donors (Lipinski definition) is 1. The molecule has 0 saturated carbocycles. The zero-order chi connectivity index (χ0) is 14.0. The van der Waals surface area contributed by atoms with Gasteiger partial charge in [0, 0.05) is 0 Å². The van der Waals surface area contributed by atoms with Gasteiger partial charge in [0.1, 0.15) is 10.6 Å². The maximum absolute atomic E-state index is 10.8. The number of hydrogen-bond acceptors (Lipinski definition) is 3. The Balaban J connectivity index is 2.21. The molecule has 1 aromatic heterocycles. The van der Waals surface area contributed by atoms with E-state index in [9.17, 15) is 4.79 Å². The van der Waals surface area contributed by atoms with E-state index in [1.807, 2.05) is 18.2 Å². The Bertz CT molecular complexity index is 593. The fourth-order valence-corrected chi connectivity index (χ4v) is 2.35. The first-order valence-electron chi connectivity index (χ1n) is 5.98. The normalized spacial score (nSPS) is 11.3. The van der Waals surface area contributed by atoms with Gasteiger partial charge in [-0.1, -0.05) is 44.2 Å². The number of carboxylic acid groups (broad SMARTS) is 1. The number of ether oxygens (including phenoxy) is 1. The van der Waals surface area contributed by atoms with E-state index in [2.05, 4.69) is 26.8 Å². The second kappa shape index (κ2) is 5.05. The summed E-state index contributed by atoms with van der Waals surface area (Å²) in [5.41, 5.74) is 1.24. The van der Waals surface area contributed by atoms with Crippen molar-refractivity contribution in [3.8, 4) is 10.8 Å². The van der Waals surface area contributed by atoms with Crippen molar-refractivity contribution < 1.29 is 14.6 Å². The molecule has 2 rings (SSSR count). The van der Waals surface area contributed by atoms with E-state index in [-0.39, 0.29) is 10.3 Å². The fraction of sp³-hybridized carbons (Fsp3) is 0.267. The molecule has 1 heterocycles. The second-order valence-electron chi connectivity index (χ2n) is 5.30. The summed E-state index contributed by atoms with van der Waals surface area (Å²) in [6.45, 7) is 6.42. The summed E-state index contributed by atoms with van der Waals surface area (Å²) in [5, 5.41) is 9.46. The van der Waals surface area contributed by atoms with Gasteiger partial charge in [-0.2, -0.15) is 0 Å². The van der Waals surface area contributed by atoms with Crippen molar-refractivity contribution in [2.24, 2.45) is 0 Å². The number of benzene rings is 1. The third-order valence-electron chi connectivity index (χ3n) is 2.71. The summed E-state index contributed by atoms with van der Waals surface area (Å²) in [6, 6.07) is 11.1. The molecule has 2 aromatic rings. The highest BCUT2D eigenvalue weighted by Gasteiger charge is 2.14. The topological polar surface area (TPSA) is 46.5 Å². The van der Waals surface area contributed by atoms with Crippen molar-refractivity contribution in [2.45, 2.75) is 26.2 Å². The molecule has 0 radical (unpaired) electrons. The van der Waals surface area contributed by atoms with Crippen LogP contribution in [0.15, 0.2) is 36.4 Å². The number of rotatable bonds is 3. The summed E-state index contributed by atoms with van der Waals surface area (Å²) in [5.74, 6) is -0.200. The van der Waals surface area contributed by atoms with Crippen molar-refractivity contribution in [3.63, 3.8) is 0 Å². The van der Waals surface area contributed by atoms with E-state index < -0.39 is 5.97 Å². The molecule has 0 spiro atoms. The molecule has 0 fully saturated rings. The van der Waals surface area contributed by atoms with E-state index in [0.29, 0.717) is 5.06 Å². The van der Waals surface area contributed by atoms with Crippen molar-refractivity contribution in [2.75, 3.05) is 0 Å². The van der Waals surface area contributed by atoms with Crippen LogP contribution in [0.2, 0.25) is 0 Å². The van der Waals surface area contributed by atoms with Crippen LogP contribution in [0.4, 0.5) is 0 Å². The minimum Gasteiger partial charge on any atom is -0.477 e. The van der Waals surface area contributed by atoms with E-state index in [0.717, 1.165) is 17.1 Å². The standard InChI is InChI=1S/C15H16O3S/c1-15(2,3)10-5-4-6-11(9-10)18-13-8-7-12(19-13)14(16)17/h4-9H,1-3H3,(H,16,17). The van der Waals surface area contributed by atoms with Gasteiger partial charge in [0.05, 0.1) is 0 Å². The maximum atomic E-state index is 10.8. The van der Waals surface area contributed by atoms with E-state index in [1.165, 1.54) is 5.56 Å². The number of thiophene rings is 1. The molecule has 1 N–H and O–H groups in total. The second-order valence-corrected chi connectivity index (χ2v) is 6.35. The Labute approximate surface area is 116 Å². The predicted octanol–water partition coefficient (Wildman–Crippen LogP) is 4.54. The zero-order valence-electron chi connectivity index (χ0n) is 11.1. The largest absolute Gasteiger partial charge is 0.477 e. The maximum Gasteiger partial charge on any atom is 0.345 e. The molecule has 1 aromatic carbocycles. The molecule has 0 aliphatic heterocycles. The Morgan fingerprint density at radius 2 is 1.95 bits per heavy atom. The van der Waals surface area contributed by atoms with Crippen molar-refractivity contribution in [3.05, 3.63) is 46.8 Å². The summed E-state index contributed by atoms with van der Waals surface area (Å²) in [7, 11) is 0. The minimum atomic E-state index is -0.928. The highest BCUT2D eigenvalue weighted by molar-refractivity contribution is 7.15. The molecule has 0 bridgehead atoms. The van der Waals surface area contributed by atoms with Gasteiger partial charge >= 0.3 is 5.97 Å². The lowest BCUT2D eigenvalue weighted by molar-refractivity contribution is 0.0702. The molecule has 0 saturated heterocycles. The van der Waals surface area contributed by atoms with Crippen LogP contribution in [-0.2, 0) is 5.41 Å². The summed E-state index contributed by atoms with van der Waals surface area (Å²) < 4.78 is 5.70. The average molecular weight is 276 g/mol. The molecule has 0 aliphatic carbocycles. The van der Waals surface area contributed by atoms with Crippen LogP contribution < -0.4 is 4.74 Å². The van der Waals surface area contributed by atoms with Gasteiger partial charge in [0.15, 0.2) is 5.06 Å². The lowest BCUT2D eigenvalue weighted by Crippen LogP contribution is -2.10. The summed E-state index contributed by atoms with van der Waals surface area (Å²) in [6.07, 6.45) is 0. The van der Waals surface area contributed by atoms with E-state index in [4.69, 9.17) is 9.84 Å². The Hall–Kier alpha value is -1.81. The van der Waals surface area contributed by atoms with Crippen LogP contribution in [0.1, 0.15) is 36.0 Å². The monoisotopic (exact) mass is 276 g/mol. The quantitative estimate of drug-likeness (QED) is 0.895. The van der Waals surface area contributed by atoms with Gasteiger partial charge in [0.2, 0.25) is 0 Å². The molecule has 0 atom stereocenters.